The van der Waals surface area contributed by atoms with E-state index in [1.54, 1.807) is 0 Å². The molecule has 5 aromatic carbocycles. The smallest absolute Gasteiger partial charge is 0.146 e. The zero-order chi connectivity index (χ0) is 37.5. The molecule has 0 bridgehead atoms. The van der Waals surface area contributed by atoms with Gasteiger partial charge in [0.05, 0.1) is 16.4 Å². The van der Waals surface area contributed by atoms with Crippen molar-refractivity contribution in [2.75, 3.05) is 0 Å². The van der Waals surface area contributed by atoms with Gasteiger partial charge in [-0.25, -0.2) is 9.97 Å². The first-order valence-electron chi connectivity index (χ1n) is 19.2. The number of rotatable bonds is 5. The lowest BCUT2D eigenvalue weighted by molar-refractivity contribution is 0.760. The maximum Gasteiger partial charge on any atom is 0.146 e. The molecular weight excluding hydrogens is 697 g/mol. The van der Waals surface area contributed by atoms with Gasteiger partial charge in [-0.1, -0.05) is 91.0 Å². The van der Waals surface area contributed by atoms with Crippen LogP contribution in [0.3, 0.4) is 0 Å². The summed E-state index contributed by atoms with van der Waals surface area (Å²) in [5.41, 5.74) is 15.0. The molecule has 0 spiro atoms. The van der Waals surface area contributed by atoms with Crippen molar-refractivity contribution in [3.8, 4) is 33.6 Å². The largest absolute Gasteiger partial charge is 0.309 e. The van der Waals surface area contributed by atoms with Crippen LogP contribution in [0.15, 0.2) is 195 Å². The Labute approximate surface area is 328 Å². The first-order valence-corrected chi connectivity index (χ1v) is 19.2. The number of aromatic nitrogens is 6. The molecule has 12 rings (SSSR count). The van der Waals surface area contributed by atoms with Crippen molar-refractivity contribution in [1.82, 2.24) is 29.1 Å². The summed E-state index contributed by atoms with van der Waals surface area (Å²) < 4.78 is 4.61. The Morgan fingerprint density at radius 2 is 0.965 bits per heavy atom. The fourth-order valence-electron chi connectivity index (χ4n) is 9.57. The summed E-state index contributed by atoms with van der Waals surface area (Å²) in [5.74, 6) is 0. The normalized spacial score (nSPS) is 13.1. The molecule has 11 aromatic rings. The quantitative estimate of drug-likeness (QED) is 0.177. The predicted octanol–water partition coefficient (Wildman–Crippen LogP) is 11.5. The van der Waals surface area contributed by atoms with Gasteiger partial charge in [0.2, 0.25) is 0 Å². The van der Waals surface area contributed by atoms with Gasteiger partial charge in [0.15, 0.2) is 0 Å². The number of pyridine rings is 4. The summed E-state index contributed by atoms with van der Waals surface area (Å²) >= 11 is 0. The van der Waals surface area contributed by atoms with Gasteiger partial charge >= 0.3 is 0 Å². The fraction of sp³-hybridized carbons (Fsp3) is 0.0196. The maximum atomic E-state index is 4.74. The van der Waals surface area contributed by atoms with Gasteiger partial charge in [0, 0.05) is 75.7 Å². The van der Waals surface area contributed by atoms with Crippen molar-refractivity contribution in [2.24, 2.45) is 0 Å². The molecular formula is C51H32N6. The highest BCUT2D eigenvalue weighted by molar-refractivity contribution is 6.14. The van der Waals surface area contributed by atoms with Crippen LogP contribution in [-0.4, -0.2) is 29.1 Å². The zero-order valence-electron chi connectivity index (χ0n) is 30.7. The van der Waals surface area contributed by atoms with Crippen molar-refractivity contribution in [3.05, 3.63) is 217 Å². The number of benzene rings is 5. The van der Waals surface area contributed by atoms with Crippen molar-refractivity contribution in [2.45, 2.75) is 5.41 Å². The van der Waals surface area contributed by atoms with E-state index in [9.17, 15) is 0 Å². The van der Waals surface area contributed by atoms with E-state index in [0.29, 0.717) is 0 Å². The van der Waals surface area contributed by atoms with Crippen LogP contribution in [0.25, 0.3) is 77.5 Å². The van der Waals surface area contributed by atoms with Crippen LogP contribution in [0, 0.1) is 0 Å². The number of nitrogens with zero attached hydrogens (tertiary/aromatic N) is 6. The summed E-state index contributed by atoms with van der Waals surface area (Å²) in [4.78, 5) is 18.9. The zero-order valence-corrected chi connectivity index (χ0v) is 30.7. The Balaban J connectivity index is 1.05. The van der Waals surface area contributed by atoms with E-state index in [0.717, 1.165) is 61.2 Å². The number of hydrogen-bond donors (Lipinski definition) is 0. The lowest BCUT2D eigenvalue weighted by Gasteiger charge is -2.34. The second kappa shape index (κ2) is 12.2. The maximum absolute atomic E-state index is 4.74. The molecule has 0 amide bonds. The fourth-order valence-corrected chi connectivity index (χ4v) is 9.57. The third-order valence-corrected chi connectivity index (χ3v) is 11.9. The predicted molar refractivity (Wildman–Crippen MR) is 229 cm³/mol. The molecule has 1 aliphatic carbocycles. The van der Waals surface area contributed by atoms with Gasteiger partial charge in [-0.2, -0.15) is 0 Å². The first-order chi connectivity index (χ1) is 28.3. The van der Waals surface area contributed by atoms with E-state index in [2.05, 4.69) is 143 Å². The molecule has 57 heavy (non-hydrogen) atoms. The van der Waals surface area contributed by atoms with E-state index in [4.69, 9.17) is 19.9 Å². The van der Waals surface area contributed by atoms with Crippen molar-refractivity contribution in [1.29, 1.82) is 0 Å². The Kier molecular flexibility index (Phi) is 6.74. The van der Waals surface area contributed by atoms with Crippen molar-refractivity contribution < 1.29 is 0 Å². The van der Waals surface area contributed by atoms with Crippen LogP contribution < -0.4 is 0 Å². The first kappa shape index (κ1) is 31.6. The molecule has 0 fully saturated rings. The second-order valence-corrected chi connectivity index (χ2v) is 14.7. The molecule has 0 saturated carbocycles. The minimum absolute atomic E-state index is 0.650. The van der Waals surface area contributed by atoms with Gasteiger partial charge in [0.1, 0.15) is 11.3 Å². The topological polar surface area (TPSA) is 61.4 Å². The Hall–Kier alpha value is -7.70. The van der Waals surface area contributed by atoms with E-state index in [-0.39, 0.29) is 0 Å². The number of hydrogen-bond acceptors (Lipinski definition) is 4. The third kappa shape index (κ3) is 4.41. The molecule has 1 aliphatic rings. The van der Waals surface area contributed by atoms with Gasteiger partial charge in [0.25, 0.3) is 0 Å². The molecule has 6 heterocycles. The van der Waals surface area contributed by atoms with E-state index >= 15 is 0 Å². The highest BCUT2D eigenvalue weighted by Crippen LogP contribution is 2.58. The van der Waals surface area contributed by atoms with Crippen LogP contribution in [0.2, 0.25) is 0 Å². The molecule has 266 valence electrons. The molecule has 6 heteroatoms. The van der Waals surface area contributed by atoms with Crippen LogP contribution in [0.5, 0.6) is 0 Å². The summed E-state index contributed by atoms with van der Waals surface area (Å²) in [6.07, 6.45) is 11.4. The molecule has 6 aromatic heterocycles. The summed E-state index contributed by atoms with van der Waals surface area (Å²) in [5, 5.41) is 4.62. The minimum atomic E-state index is -0.650. The van der Waals surface area contributed by atoms with E-state index in [1.807, 2.05) is 61.4 Å². The summed E-state index contributed by atoms with van der Waals surface area (Å²) in [6, 6.07) is 56.6. The lowest BCUT2D eigenvalue weighted by Crippen LogP contribution is -2.29. The Bertz CT molecular complexity index is 3240. The molecule has 0 radical (unpaired) electrons. The van der Waals surface area contributed by atoms with Gasteiger partial charge < -0.3 is 4.57 Å². The minimum Gasteiger partial charge on any atom is -0.309 e. The third-order valence-electron chi connectivity index (χ3n) is 11.9. The van der Waals surface area contributed by atoms with Gasteiger partial charge in [-0.15, -0.1) is 0 Å². The number of fused-ring (bicyclic) bond motifs is 10. The molecule has 6 nitrogen and oxygen atoms in total. The monoisotopic (exact) mass is 728 g/mol. The van der Waals surface area contributed by atoms with Crippen molar-refractivity contribution in [3.63, 3.8) is 0 Å². The SMILES string of the molecule is c1cncc(C2(c3cccnc3)c3ccccc3-c3ccc4c5ccccc5n(-c5ccc(-c6ccc(-n7c8ncccc8c8cccnc87)cc6)cc5)c4c32)c1. The Morgan fingerprint density at radius 3 is 1.60 bits per heavy atom. The average Bonchev–Trinajstić information content (AvgIpc) is 3.92. The van der Waals surface area contributed by atoms with Gasteiger partial charge in [-0.3, -0.25) is 14.5 Å². The van der Waals surface area contributed by atoms with E-state index in [1.165, 1.54) is 38.5 Å². The second-order valence-electron chi connectivity index (χ2n) is 14.7. The molecule has 0 saturated heterocycles. The van der Waals surface area contributed by atoms with Gasteiger partial charge in [-0.05, 0) is 106 Å². The van der Waals surface area contributed by atoms with Crippen molar-refractivity contribution >= 4 is 43.9 Å². The summed E-state index contributed by atoms with van der Waals surface area (Å²) in [7, 11) is 0. The number of para-hydroxylation sites is 1. The highest BCUT2D eigenvalue weighted by Gasteiger charge is 2.48. The summed E-state index contributed by atoms with van der Waals surface area (Å²) in [6.45, 7) is 0. The standard InChI is InChI=1S/C51H32N6/c1-3-15-45-39(11-1)41-25-26-42-40-12-2-4-16-46(40)56(48(42)47(41)51(45,35-9-5-27-52-31-35)36-10-6-28-53-32-36)37-21-17-33(18-22-37)34-19-23-38(24-20-34)57-49-43(13-7-29-54-49)44-14-8-30-55-50(44)57/h1-32H. The Morgan fingerprint density at radius 1 is 0.404 bits per heavy atom. The van der Waals surface area contributed by atoms with Crippen LogP contribution in [0.1, 0.15) is 22.3 Å². The molecule has 0 N–H and O–H groups in total. The molecule has 0 atom stereocenters. The molecule has 0 aliphatic heterocycles. The van der Waals surface area contributed by atoms with Crippen LogP contribution >= 0.6 is 0 Å². The van der Waals surface area contributed by atoms with Crippen LogP contribution in [0.4, 0.5) is 0 Å². The lowest BCUT2D eigenvalue weighted by atomic mass is 9.68. The van der Waals surface area contributed by atoms with Crippen LogP contribution in [-0.2, 0) is 5.41 Å². The van der Waals surface area contributed by atoms with E-state index < -0.39 is 5.41 Å². The highest BCUT2D eigenvalue weighted by atomic mass is 15.1. The average molecular weight is 729 g/mol. The molecule has 0 unspecified atom stereocenters.